The van der Waals surface area contributed by atoms with Crippen molar-refractivity contribution >= 4 is 27.5 Å². The molecular weight excluding hydrogens is 302 g/mol. The third kappa shape index (κ3) is 3.01. The van der Waals surface area contributed by atoms with Crippen molar-refractivity contribution in [2.24, 2.45) is 0 Å². The van der Waals surface area contributed by atoms with Crippen molar-refractivity contribution in [3.63, 3.8) is 0 Å². The van der Waals surface area contributed by atoms with Gasteiger partial charge in [-0.1, -0.05) is 24.9 Å². The third-order valence-electron chi connectivity index (χ3n) is 2.22. The summed E-state index contributed by atoms with van der Waals surface area (Å²) < 4.78 is 0.865. The Morgan fingerprint density at radius 3 is 2.88 bits per heavy atom. The Morgan fingerprint density at radius 2 is 2.18 bits per heavy atom. The maximum atomic E-state index is 5.99. The van der Waals surface area contributed by atoms with E-state index in [9.17, 15) is 0 Å². The van der Waals surface area contributed by atoms with Gasteiger partial charge >= 0.3 is 0 Å². The normalized spacial score (nSPS) is 10.5. The van der Waals surface area contributed by atoms with Gasteiger partial charge < -0.3 is 0 Å². The SMILES string of the molecule is CCCc1cc(Cl)nc(-c2ncccc2Br)n1. The summed E-state index contributed by atoms with van der Waals surface area (Å²) in [6.07, 6.45) is 3.62. The van der Waals surface area contributed by atoms with Gasteiger partial charge in [0.25, 0.3) is 0 Å². The van der Waals surface area contributed by atoms with Gasteiger partial charge in [-0.25, -0.2) is 9.97 Å². The molecule has 0 saturated carbocycles. The summed E-state index contributed by atoms with van der Waals surface area (Å²) in [5, 5.41) is 0.455. The molecule has 17 heavy (non-hydrogen) atoms. The second-order valence-electron chi connectivity index (χ2n) is 3.59. The topological polar surface area (TPSA) is 38.7 Å². The molecular formula is C12H11BrClN3. The first-order valence-electron chi connectivity index (χ1n) is 5.35. The molecule has 0 saturated heterocycles. The minimum atomic E-state index is 0.455. The van der Waals surface area contributed by atoms with Gasteiger partial charge in [0.05, 0.1) is 0 Å². The molecule has 0 aliphatic rings. The number of aromatic nitrogens is 3. The quantitative estimate of drug-likeness (QED) is 0.807. The molecule has 2 aromatic heterocycles. The number of hydrogen-bond donors (Lipinski definition) is 0. The van der Waals surface area contributed by atoms with Crippen LogP contribution >= 0.6 is 27.5 Å². The zero-order chi connectivity index (χ0) is 12.3. The lowest BCUT2D eigenvalue weighted by molar-refractivity contribution is 0.873. The van der Waals surface area contributed by atoms with Crippen molar-refractivity contribution in [1.29, 1.82) is 0 Å². The van der Waals surface area contributed by atoms with Gasteiger partial charge in [0.1, 0.15) is 10.8 Å². The molecule has 0 aromatic carbocycles. The van der Waals surface area contributed by atoms with Gasteiger partial charge in [0.2, 0.25) is 0 Å². The minimum Gasteiger partial charge on any atom is -0.252 e. The van der Waals surface area contributed by atoms with E-state index < -0.39 is 0 Å². The zero-order valence-electron chi connectivity index (χ0n) is 9.32. The Hall–Kier alpha value is -1.000. The molecule has 0 radical (unpaired) electrons. The molecule has 5 heteroatoms. The van der Waals surface area contributed by atoms with Crippen molar-refractivity contribution in [2.45, 2.75) is 19.8 Å². The van der Waals surface area contributed by atoms with Crippen molar-refractivity contribution in [3.05, 3.63) is 39.7 Å². The summed E-state index contributed by atoms with van der Waals surface area (Å²) in [5.74, 6) is 0.563. The highest BCUT2D eigenvalue weighted by atomic mass is 79.9. The monoisotopic (exact) mass is 311 g/mol. The summed E-state index contributed by atoms with van der Waals surface area (Å²) in [6, 6.07) is 5.56. The number of hydrogen-bond acceptors (Lipinski definition) is 3. The first-order valence-corrected chi connectivity index (χ1v) is 6.52. The van der Waals surface area contributed by atoms with E-state index in [0.717, 1.165) is 23.0 Å². The van der Waals surface area contributed by atoms with Crippen molar-refractivity contribution in [1.82, 2.24) is 15.0 Å². The number of nitrogens with zero attached hydrogens (tertiary/aromatic N) is 3. The Morgan fingerprint density at radius 1 is 1.35 bits per heavy atom. The van der Waals surface area contributed by atoms with Crippen LogP contribution in [-0.2, 0) is 6.42 Å². The Labute approximate surface area is 113 Å². The molecule has 2 heterocycles. The molecule has 0 aliphatic heterocycles. The lowest BCUT2D eigenvalue weighted by atomic mass is 10.2. The summed E-state index contributed by atoms with van der Waals surface area (Å²) in [7, 11) is 0. The number of aryl methyl sites for hydroxylation is 1. The van der Waals surface area contributed by atoms with Gasteiger partial charge in [0, 0.05) is 16.4 Å². The van der Waals surface area contributed by atoms with Crippen molar-refractivity contribution in [2.75, 3.05) is 0 Å². The second kappa shape index (κ2) is 5.56. The number of halogens is 2. The van der Waals surface area contributed by atoms with E-state index in [1.165, 1.54) is 0 Å². The molecule has 0 N–H and O–H groups in total. The van der Waals surface area contributed by atoms with Crippen LogP contribution in [0, 0.1) is 0 Å². The summed E-state index contributed by atoms with van der Waals surface area (Å²) in [6.45, 7) is 2.10. The molecule has 0 bridgehead atoms. The predicted molar refractivity (Wildman–Crippen MR) is 72.0 cm³/mol. The van der Waals surface area contributed by atoms with Gasteiger partial charge in [-0.15, -0.1) is 0 Å². The maximum Gasteiger partial charge on any atom is 0.180 e. The van der Waals surface area contributed by atoms with E-state index in [1.807, 2.05) is 12.1 Å². The highest BCUT2D eigenvalue weighted by molar-refractivity contribution is 9.10. The fourth-order valence-electron chi connectivity index (χ4n) is 1.50. The standard InChI is InChI=1S/C12H11BrClN3/c1-2-4-8-7-10(14)17-12(16-8)11-9(13)5-3-6-15-11/h3,5-7H,2,4H2,1H3. The number of rotatable bonds is 3. The van der Waals surface area contributed by atoms with E-state index in [1.54, 1.807) is 12.3 Å². The molecule has 0 fully saturated rings. The molecule has 0 amide bonds. The average Bonchev–Trinajstić information content (AvgIpc) is 2.29. The van der Waals surface area contributed by atoms with E-state index in [2.05, 4.69) is 37.8 Å². The van der Waals surface area contributed by atoms with Crippen LogP contribution in [0.3, 0.4) is 0 Å². The van der Waals surface area contributed by atoms with Gasteiger partial charge in [-0.2, -0.15) is 0 Å². The predicted octanol–water partition coefficient (Wildman–Crippen LogP) is 3.91. The van der Waals surface area contributed by atoms with Crippen molar-refractivity contribution < 1.29 is 0 Å². The Balaban J connectivity index is 2.48. The van der Waals surface area contributed by atoms with E-state index >= 15 is 0 Å². The zero-order valence-corrected chi connectivity index (χ0v) is 11.7. The second-order valence-corrected chi connectivity index (χ2v) is 4.83. The molecule has 2 aromatic rings. The van der Waals surface area contributed by atoms with Gasteiger partial charge in [-0.3, -0.25) is 4.98 Å². The number of pyridine rings is 1. The molecule has 2 rings (SSSR count). The van der Waals surface area contributed by atoms with Crippen LogP contribution in [-0.4, -0.2) is 15.0 Å². The summed E-state index contributed by atoms with van der Waals surface area (Å²) in [4.78, 5) is 12.9. The van der Waals surface area contributed by atoms with Crippen LogP contribution in [0.2, 0.25) is 5.15 Å². The third-order valence-corrected chi connectivity index (χ3v) is 3.06. The average molecular weight is 313 g/mol. The fraction of sp³-hybridized carbons (Fsp3) is 0.250. The molecule has 0 aliphatic carbocycles. The lowest BCUT2D eigenvalue weighted by Crippen LogP contribution is -1.98. The summed E-state index contributed by atoms with van der Waals surface area (Å²) in [5.41, 5.74) is 1.66. The van der Waals surface area contributed by atoms with E-state index in [0.29, 0.717) is 16.7 Å². The molecule has 0 spiro atoms. The Kier molecular flexibility index (Phi) is 4.07. The van der Waals surface area contributed by atoms with E-state index in [-0.39, 0.29) is 0 Å². The van der Waals surface area contributed by atoms with Crippen LogP contribution in [0.25, 0.3) is 11.5 Å². The van der Waals surface area contributed by atoms with Gasteiger partial charge in [0.15, 0.2) is 5.82 Å². The molecule has 0 atom stereocenters. The van der Waals surface area contributed by atoms with Crippen LogP contribution in [0.1, 0.15) is 19.0 Å². The highest BCUT2D eigenvalue weighted by Crippen LogP contribution is 2.24. The molecule has 88 valence electrons. The van der Waals surface area contributed by atoms with Crippen molar-refractivity contribution in [3.8, 4) is 11.5 Å². The molecule has 0 unspecified atom stereocenters. The summed E-state index contributed by atoms with van der Waals surface area (Å²) >= 11 is 9.43. The van der Waals surface area contributed by atoms with Gasteiger partial charge in [-0.05, 0) is 40.5 Å². The smallest absolute Gasteiger partial charge is 0.180 e. The Bertz CT molecular complexity index is 531. The largest absolute Gasteiger partial charge is 0.252 e. The first kappa shape index (κ1) is 12.5. The maximum absolute atomic E-state index is 5.99. The van der Waals surface area contributed by atoms with Crippen LogP contribution in [0.5, 0.6) is 0 Å². The van der Waals surface area contributed by atoms with E-state index in [4.69, 9.17) is 11.6 Å². The highest BCUT2D eigenvalue weighted by Gasteiger charge is 2.09. The molecule has 3 nitrogen and oxygen atoms in total. The van der Waals surface area contributed by atoms with Crippen LogP contribution < -0.4 is 0 Å². The lowest BCUT2D eigenvalue weighted by Gasteiger charge is -2.05. The minimum absolute atomic E-state index is 0.455. The van der Waals surface area contributed by atoms with Crippen LogP contribution in [0.15, 0.2) is 28.9 Å². The van der Waals surface area contributed by atoms with Crippen LogP contribution in [0.4, 0.5) is 0 Å². The fourth-order valence-corrected chi connectivity index (χ4v) is 2.14. The first-order chi connectivity index (χ1) is 8.20.